The Labute approximate surface area is 57.1 Å². The van der Waals surface area contributed by atoms with Crippen molar-refractivity contribution >= 4 is 6.40 Å². The summed E-state index contributed by atoms with van der Waals surface area (Å²) in [5, 5.41) is 10.0. The molecule has 5 nitrogen and oxygen atoms in total. The highest BCUT2D eigenvalue weighted by Crippen LogP contribution is 2.16. The molecule has 0 saturated carbocycles. The molecule has 2 rings (SSSR count). The van der Waals surface area contributed by atoms with Gasteiger partial charge in [0.1, 0.15) is 18.3 Å². The van der Waals surface area contributed by atoms with E-state index < -0.39 is 0 Å². The molecule has 0 bridgehead atoms. The number of aromatic amines is 1. The zero-order valence-corrected chi connectivity index (χ0v) is 5.19. The summed E-state index contributed by atoms with van der Waals surface area (Å²) in [6, 6.07) is 0.0405. The van der Waals surface area contributed by atoms with Crippen LogP contribution in [0.1, 0.15) is 11.7 Å². The first kappa shape index (κ1) is 5.40. The number of H-pyrrole nitrogens is 1. The summed E-state index contributed by atoms with van der Waals surface area (Å²) >= 11 is 0. The van der Waals surface area contributed by atoms with Gasteiger partial charge in [0.2, 0.25) is 0 Å². The van der Waals surface area contributed by atoms with Gasteiger partial charge in [-0.1, -0.05) is 0 Å². The molecular weight excluding hydrogens is 132 g/mol. The van der Waals surface area contributed by atoms with Crippen molar-refractivity contribution in [2.45, 2.75) is 6.04 Å². The van der Waals surface area contributed by atoms with Crippen molar-refractivity contribution in [2.24, 2.45) is 4.99 Å². The van der Waals surface area contributed by atoms with Crippen LogP contribution in [0.3, 0.4) is 0 Å². The summed E-state index contributed by atoms with van der Waals surface area (Å²) in [5.41, 5.74) is 0.828. The molecule has 1 aliphatic heterocycles. The number of hydrogen-bond donors (Lipinski definition) is 1. The zero-order chi connectivity index (χ0) is 6.81. The third-order valence-corrected chi connectivity index (χ3v) is 1.34. The van der Waals surface area contributed by atoms with Crippen LogP contribution < -0.4 is 0 Å². The van der Waals surface area contributed by atoms with Crippen LogP contribution in [0.25, 0.3) is 0 Å². The summed E-state index contributed by atoms with van der Waals surface area (Å²) in [6.45, 7) is 0.576. The molecule has 10 heavy (non-hydrogen) atoms. The zero-order valence-electron chi connectivity index (χ0n) is 5.19. The van der Waals surface area contributed by atoms with Gasteiger partial charge < -0.3 is 4.74 Å². The van der Waals surface area contributed by atoms with E-state index in [1.54, 1.807) is 6.20 Å². The lowest BCUT2D eigenvalue weighted by molar-refractivity contribution is 0.328. The van der Waals surface area contributed by atoms with Crippen LogP contribution in [-0.4, -0.2) is 28.4 Å². The molecule has 0 saturated heterocycles. The molecule has 1 aromatic heterocycles. The van der Waals surface area contributed by atoms with E-state index >= 15 is 0 Å². The van der Waals surface area contributed by atoms with Crippen molar-refractivity contribution in [2.75, 3.05) is 6.61 Å². The van der Waals surface area contributed by atoms with E-state index in [1.165, 1.54) is 6.40 Å². The average molecular weight is 138 g/mol. The van der Waals surface area contributed by atoms with E-state index in [0.29, 0.717) is 6.61 Å². The number of ether oxygens (including phenoxy) is 1. The van der Waals surface area contributed by atoms with Gasteiger partial charge in [-0.2, -0.15) is 15.4 Å². The lowest BCUT2D eigenvalue weighted by atomic mass is 10.3. The lowest BCUT2D eigenvalue weighted by Gasteiger charge is -1.96. The van der Waals surface area contributed by atoms with Crippen molar-refractivity contribution in [1.82, 2.24) is 15.4 Å². The highest BCUT2D eigenvalue weighted by atomic mass is 16.5. The lowest BCUT2D eigenvalue weighted by Crippen LogP contribution is -1.97. The van der Waals surface area contributed by atoms with Crippen LogP contribution in [0.5, 0.6) is 0 Å². The van der Waals surface area contributed by atoms with Gasteiger partial charge in [-0.15, -0.1) is 0 Å². The molecule has 0 fully saturated rings. The maximum atomic E-state index is 4.91. The first-order valence-corrected chi connectivity index (χ1v) is 2.96. The van der Waals surface area contributed by atoms with Crippen molar-refractivity contribution in [1.29, 1.82) is 0 Å². The van der Waals surface area contributed by atoms with E-state index in [0.717, 1.165) is 5.69 Å². The fourth-order valence-corrected chi connectivity index (χ4v) is 0.826. The van der Waals surface area contributed by atoms with Gasteiger partial charge in [-0.3, -0.25) is 0 Å². The van der Waals surface area contributed by atoms with E-state index in [9.17, 15) is 0 Å². The Hall–Kier alpha value is -1.39. The van der Waals surface area contributed by atoms with E-state index in [2.05, 4.69) is 20.4 Å². The molecule has 1 atom stereocenters. The predicted octanol–water partition coefficient (Wildman–Crippen LogP) is -0.0957. The van der Waals surface area contributed by atoms with Gasteiger partial charge >= 0.3 is 0 Å². The van der Waals surface area contributed by atoms with Crippen LogP contribution in [0.15, 0.2) is 11.2 Å². The normalized spacial score (nSPS) is 23.0. The number of aliphatic imine (C=N–C) groups is 1. The van der Waals surface area contributed by atoms with Gasteiger partial charge in [-0.05, 0) is 0 Å². The van der Waals surface area contributed by atoms with E-state index in [4.69, 9.17) is 4.74 Å². The summed E-state index contributed by atoms with van der Waals surface area (Å²) in [7, 11) is 0. The summed E-state index contributed by atoms with van der Waals surface area (Å²) < 4.78 is 4.91. The van der Waals surface area contributed by atoms with Gasteiger partial charge in [0.25, 0.3) is 0 Å². The third kappa shape index (κ3) is 0.754. The number of nitrogens with zero attached hydrogens (tertiary/aromatic N) is 3. The molecule has 0 radical (unpaired) electrons. The fourth-order valence-electron chi connectivity index (χ4n) is 0.826. The highest BCUT2D eigenvalue weighted by Gasteiger charge is 2.16. The standard InChI is InChI=1S/C5H6N4O/c1-4(8-9-7-1)5-2-10-3-6-5/h1,3,5H,2H2,(H,7,8,9). The highest BCUT2D eigenvalue weighted by molar-refractivity contribution is 5.49. The quantitative estimate of drug-likeness (QED) is 0.589. The Morgan fingerprint density at radius 3 is 3.30 bits per heavy atom. The van der Waals surface area contributed by atoms with Gasteiger partial charge in [-0.25, -0.2) is 4.99 Å². The minimum atomic E-state index is 0.0405. The minimum absolute atomic E-state index is 0.0405. The van der Waals surface area contributed by atoms with Gasteiger partial charge in [0, 0.05) is 0 Å². The van der Waals surface area contributed by atoms with Crippen LogP contribution in [-0.2, 0) is 4.74 Å². The molecule has 2 heterocycles. The van der Waals surface area contributed by atoms with E-state index in [-0.39, 0.29) is 6.04 Å². The maximum Gasteiger partial charge on any atom is 0.170 e. The second-order valence-electron chi connectivity index (χ2n) is 2.00. The van der Waals surface area contributed by atoms with Crippen molar-refractivity contribution in [3.05, 3.63) is 11.9 Å². The monoisotopic (exact) mass is 138 g/mol. The Morgan fingerprint density at radius 2 is 2.70 bits per heavy atom. The van der Waals surface area contributed by atoms with Crippen LogP contribution in [0.2, 0.25) is 0 Å². The average Bonchev–Trinajstić information content (AvgIpc) is 2.59. The molecule has 0 amide bonds. The fraction of sp³-hybridized carbons (Fsp3) is 0.400. The molecule has 1 N–H and O–H groups in total. The summed E-state index contributed by atoms with van der Waals surface area (Å²) in [5.74, 6) is 0. The molecule has 1 aliphatic rings. The summed E-state index contributed by atoms with van der Waals surface area (Å²) in [4.78, 5) is 4.01. The predicted molar refractivity (Wildman–Crippen MR) is 33.6 cm³/mol. The topological polar surface area (TPSA) is 63.2 Å². The van der Waals surface area contributed by atoms with Crippen LogP contribution in [0, 0.1) is 0 Å². The first-order chi connectivity index (χ1) is 4.97. The molecule has 52 valence electrons. The van der Waals surface area contributed by atoms with Crippen molar-refractivity contribution < 1.29 is 4.74 Å². The molecule has 5 heteroatoms. The minimum Gasteiger partial charge on any atom is -0.481 e. The molecule has 0 aromatic carbocycles. The number of aromatic nitrogens is 3. The smallest absolute Gasteiger partial charge is 0.170 e. The molecule has 1 unspecified atom stereocenters. The number of nitrogens with one attached hydrogen (secondary N) is 1. The largest absolute Gasteiger partial charge is 0.481 e. The van der Waals surface area contributed by atoms with E-state index in [1.807, 2.05) is 0 Å². The molecule has 1 aromatic rings. The second kappa shape index (κ2) is 2.09. The Morgan fingerprint density at radius 1 is 1.70 bits per heavy atom. The third-order valence-electron chi connectivity index (χ3n) is 1.34. The van der Waals surface area contributed by atoms with Gasteiger partial charge in [0.05, 0.1) is 6.20 Å². The Balaban J connectivity index is 2.20. The SMILES string of the molecule is C1=NC(c2cn[nH]n2)CO1. The van der Waals surface area contributed by atoms with Crippen molar-refractivity contribution in [3.8, 4) is 0 Å². The first-order valence-electron chi connectivity index (χ1n) is 2.96. The molecule has 0 aliphatic carbocycles. The summed E-state index contributed by atoms with van der Waals surface area (Å²) in [6.07, 6.45) is 3.09. The van der Waals surface area contributed by atoms with Crippen LogP contribution in [0.4, 0.5) is 0 Å². The number of rotatable bonds is 1. The van der Waals surface area contributed by atoms with Crippen LogP contribution >= 0.6 is 0 Å². The number of hydrogen-bond acceptors (Lipinski definition) is 4. The maximum absolute atomic E-state index is 4.91. The Bertz CT molecular complexity index is 230. The van der Waals surface area contributed by atoms with Crippen molar-refractivity contribution in [3.63, 3.8) is 0 Å². The molecule has 0 spiro atoms. The Kier molecular flexibility index (Phi) is 1.13. The van der Waals surface area contributed by atoms with Gasteiger partial charge in [0.15, 0.2) is 6.40 Å². The second-order valence-corrected chi connectivity index (χ2v) is 2.00. The molecular formula is C5H6N4O.